The molecule has 124 valence electrons. The van der Waals surface area contributed by atoms with Crippen LogP contribution in [0.15, 0.2) is 30.3 Å². The first kappa shape index (κ1) is 15.0. The molecule has 0 aliphatic heterocycles. The Kier molecular flexibility index (Phi) is 3.26. The van der Waals surface area contributed by atoms with Gasteiger partial charge in [-0.15, -0.1) is 0 Å². The van der Waals surface area contributed by atoms with E-state index in [1.54, 1.807) is 0 Å². The number of hydrogen-bond donors (Lipinski definition) is 2. The Hall–Kier alpha value is -1.51. The van der Waals surface area contributed by atoms with Gasteiger partial charge in [-0.2, -0.15) is 0 Å². The maximum absolute atomic E-state index is 12.5. The highest BCUT2D eigenvalue weighted by atomic mass is 16.2. The van der Waals surface area contributed by atoms with E-state index in [-0.39, 0.29) is 11.6 Å². The van der Waals surface area contributed by atoms with E-state index in [9.17, 15) is 4.79 Å². The molecule has 0 aromatic heterocycles. The zero-order valence-electron chi connectivity index (χ0n) is 14.3. The summed E-state index contributed by atoms with van der Waals surface area (Å²) in [5.74, 6) is 0.802. The maximum Gasteiger partial charge on any atom is 0.315 e. The van der Waals surface area contributed by atoms with Crippen molar-refractivity contribution in [2.45, 2.75) is 64.5 Å². The van der Waals surface area contributed by atoms with E-state index in [0.29, 0.717) is 17.4 Å². The summed E-state index contributed by atoms with van der Waals surface area (Å²) in [5.41, 5.74) is 2.04. The van der Waals surface area contributed by atoms with Crippen LogP contribution in [0.2, 0.25) is 0 Å². The first-order valence-electron chi connectivity index (χ1n) is 8.98. The van der Waals surface area contributed by atoms with Crippen molar-refractivity contribution < 1.29 is 4.79 Å². The van der Waals surface area contributed by atoms with E-state index in [4.69, 9.17) is 0 Å². The monoisotopic (exact) mass is 312 g/mol. The topological polar surface area (TPSA) is 41.1 Å². The summed E-state index contributed by atoms with van der Waals surface area (Å²) in [5, 5.41) is 6.44. The van der Waals surface area contributed by atoms with Crippen molar-refractivity contribution in [2.75, 3.05) is 0 Å². The van der Waals surface area contributed by atoms with E-state index in [1.807, 2.05) is 30.3 Å². The second kappa shape index (κ2) is 4.99. The summed E-state index contributed by atoms with van der Waals surface area (Å²) < 4.78 is 0. The minimum atomic E-state index is 0.00278. The predicted octanol–water partition coefficient (Wildman–Crippen LogP) is 4.23. The fourth-order valence-electron chi connectivity index (χ4n) is 6.65. The van der Waals surface area contributed by atoms with E-state index < -0.39 is 0 Å². The van der Waals surface area contributed by atoms with Crippen molar-refractivity contribution in [1.82, 2.24) is 10.6 Å². The van der Waals surface area contributed by atoms with Gasteiger partial charge in [0.1, 0.15) is 0 Å². The molecule has 0 saturated heterocycles. The van der Waals surface area contributed by atoms with Gasteiger partial charge in [-0.25, -0.2) is 4.79 Å². The molecule has 2 unspecified atom stereocenters. The normalized spacial score (nSPS) is 40.9. The molecule has 5 rings (SSSR count). The molecule has 2 atom stereocenters. The molecule has 3 heteroatoms. The van der Waals surface area contributed by atoms with Crippen molar-refractivity contribution in [1.29, 1.82) is 0 Å². The SMILES string of the molecule is CC12CC3CC(C)(C1)CC(NC(=O)NCc1ccccc1)(C3)C2. The Balaban J connectivity index is 1.43. The largest absolute Gasteiger partial charge is 0.334 e. The van der Waals surface area contributed by atoms with Gasteiger partial charge in [0.25, 0.3) is 0 Å². The average Bonchev–Trinajstić information content (AvgIpc) is 2.42. The lowest BCUT2D eigenvalue weighted by Crippen LogP contribution is -2.66. The molecule has 4 bridgehead atoms. The molecule has 0 radical (unpaired) electrons. The van der Waals surface area contributed by atoms with Crippen LogP contribution in [0.5, 0.6) is 0 Å². The molecule has 4 aliphatic carbocycles. The van der Waals surface area contributed by atoms with Crippen LogP contribution >= 0.6 is 0 Å². The molecule has 2 amide bonds. The molecule has 1 aromatic rings. The molecule has 2 N–H and O–H groups in total. The van der Waals surface area contributed by atoms with Gasteiger partial charge < -0.3 is 10.6 Å². The average molecular weight is 312 g/mol. The van der Waals surface area contributed by atoms with Crippen molar-refractivity contribution in [2.24, 2.45) is 16.7 Å². The highest BCUT2D eigenvalue weighted by molar-refractivity contribution is 5.75. The number of carbonyl (C=O) groups excluding carboxylic acids is 1. The van der Waals surface area contributed by atoms with Crippen LogP contribution in [-0.4, -0.2) is 11.6 Å². The number of benzene rings is 1. The summed E-state index contributed by atoms with van der Waals surface area (Å²) >= 11 is 0. The van der Waals surface area contributed by atoms with Gasteiger partial charge in [0, 0.05) is 12.1 Å². The van der Waals surface area contributed by atoms with Crippen LogP contribution in [0.4, 0.5) is 4.79 Å². The van der Waals surface area contributed by atoms with Crippen LogP contribution in [0, 0.1) is 16.7 Å². The number of hydrogen-bond acceptors (Lipinski definition) is 1. The summed E-state index contributed by atoms with van der Waals surface area (Å²) in [4.78, 5) is 12.5. The third-order valence-electron chi connectivity index (χ3n) is 6.30. The number of amides is 2. The van der Waals surface area contributed by atoms with Gasteiger partial charge >= 0.3 is 6.03 Å². The molecular formula is C20H28N2O. The molecule has 3 nitrogen and oxygen atoms in total. The first-order valence-corrected chi connectivity index (χ1v) is 8.98. The van der Waals surface area contributed by atoms with Crippen molar-refractivity contribution in [3.05, 3.63) is 35.9 Å². The lowest BCUT2D eigenvalue weighted by molar-refractivity contribution is -0.113. The molecule has 1 aromatic carbocycles. The van der Waals surface area contributed by atoms with E-state index in [2.05, 4.69) is 24.5 Å². The zero-order chi connectivity index (χ0) is 16.1. The Morgan fingerprint density at radius 1 is 1.04 bits per heavy atom. The molecule has 4 fully saturated rings. The Morgan fingerprint density at radius 3 is 2.30 bits per heavy atom. The quantitative estimate of drug-likeness (QED) is 0.861. The van der Waals surface area contributed by atoms with Gasteiger partial charge in [-0.05, 0) is 60.8 Å². The Bertz CT molecular complexity index is 593. The van der Waals surface area contributed by atoms with Gasteiger partial charge in [0.15, 0.2) is 0 Å². The minimum absolute atomic E-state index is 0.00278. The molecule has 0 heterocycles. The first-order chi connectivity index (χ1) is 10.9. The second-order valence-corrected chi connectivity index (χ2v) is 9.20. The summed E-state index contributed by atoms with van der Waals surface area (Å²) in [7, 11) is 0. The minimum Gasteiger partial charge on any atom is -0.334 e. The molecule has 4 saturated carbocycles. The number of rotatable bonds is 3. The van der Waals surface area contributed by atoms with Crippen LogP contribution in [0.25, 0.3) is 0 Å². The number of carbonyl (C=O) groups is 1. The number of urea groups is 1. The number of nitrogens with one attached hydrogen (secondary N) is 2. The van der Waals surface area contributed by atoms with E-state index in [0.717, 1.165) is 24.3 Å². The Morgan fingerprint density at radius 2 is 1.70 bits per heavy atom. The van der Waals surface area contributed by atoms with Crippen LogP contribution < -0.4 is 10.6 Å². The van der Waals surface area contributed by atoms with Crippen molar-refractivity contribution in [3.8, 4) is 0 Å². The van der Waals surface area contributed by atoms with Crippen LogP contribution in [-0.2, 0) is 6.54 Å². The highest BCUT2D eigenvalue weighted by Gasteiger charge is 2.60. The second-order valence-electron chi connectivity index (χ2n) is 9.20. The summed E-state index contributed by atoms with van der Waals surface area (Å²) in [6.45, 7) is 5.47. The predicted molar refractivity (Wildman–Crippen MR) is 92.0 cm³/mol. The zero-order valence-corrected chi connectivity index (χ0v) is 14.3. The van der Waals surface area contributed by atoms with Crippen LogP contribution in [0.3, 0.4) is 0 Å². The maximum atomic E-state index is 12.5. The fourth-order valence-corrected chi connectivity index (χ4v) is 6.65. The summed E-state index contributed by atoms with van der Waals surface area (Å²) in [6, 6.07) is 10.1. The van der Waals surface area contributed by atoms with Gasteiger partial charge in [0.2, 0.25) is 0 Å². The molecule has 4 aliphatic rings. The smallest absolute Gasteiger partial charge is 0.315 e. The van der Waals surface area contributed by atoms with E-state index >= 15 is 0 Å². The molecule has 23 heavy (non-hydrogen) atoms. The fraction of sp³-hybridized carbons (Fsp3) is 0.650. The van der Waals surface area contributed by atoms with Crippen LogP contribution in [0.1, 0.15) is 57.9 Å². The lowest BCUT2D eigenvalue weighted by atomic mass is 9.43. The summed E-state index contributed by atoms with van der Waals surface area (Å²) in [6.07, 6.45) is 7.55. The molecular weight excluding hydrogens is 284 g/mol. The van der Waals surface area contributed by atoms with Gasteiger partial charge in [-0.3, -0.25) is 0 Å². The van der Waals surface area contributed by atoms with Gasteiger partial charge in [0.05, 0.1) is 0 Å². The Labute approximate surface area is 139 Å². The van der Waals surface area contributed by atoms with Crippen molar-refractivity contribution >= 4 is 6.03 Å². The highest BCUT2D eigenvalue weighted by Crippen LogP contribution is 2.66. The lowest BCUT2D eigenvalue weighted by Gasteiger charge is -2.65. The molecule has 0 spiro atoms. The third-order valence-corrected chi connectivity index (χ3v) is 6.30. The third kappa shape index (κ3) is 2.86. The van der Waals surface area contributed by atoms with E-state index in [1.165, 1.54) is 25.7 Å². The standard InChI is InChI=1S/C20H28N2O/c1-18-8-16-9-19(2,12-18)14-20(10-16,13-18)22-17(23)21-11-15-6-4-3-5-7-15/h3-7,16H,8-14H2,1-2H3,(H2,21,22,23). The van der Waals surface area contributed by atoms with Gasteiger partial charge in [-0.1, -0.05) is 44.2 Å². The van der Waals surface area contributed by atoms with Crippen molar-refractivity contribution in [3.63, 3.8) is 0 Å².